The van der Waals surface area contributed by atoms with Gasteiger partial charge in [-0.2, -0.15) is 0 Å². The van der Waals surface area contributed by atoms with Crippen LogP contribution in [0.25, 0.3) is 0 Å². The molecule has 0 aromatic carbocycles. The van der Waals surface area contributed by atoms with Gasteiger partial charge in [-0.15, -0.1) is 0 Å². The molecular weight excluding hydrogens is 176 g/mol. The Balaban J connectivity index is 3.05. The minimum Gasteiger partial charge on any atom is -0.465 e. The second-order valence-corrected chi connectivity index (χ2v) is 2.15. The molecule has 0 aliphatic carbocycles. The van der Waals surface area contributed by atoms with E-state index in [4.69, 9.17) is 0 Å². The Hall–Kier alpha value is -1.98. The molecule has 0 spiro atoms. The van der Waals surface area contributed by atoms with E-state index in [1.807, 2.05) is 0 Å². The first-order valence-corrected chi connectivity index (χ1v) is 3.34. The Morgan fingerprint density at radius 1 is 1.69 bits per heavy atom. The molecule has 0 bridgehead atoms. The second kappa shape index (κ2) is 3.61. The molecule has 13 heavy (non-hydrogen) atoms. The molecule has 0 saturated carbocycles. The molecule has 0 aliphatic heterocycles. The summed E-state index contributed by atoms with van der Waals surface area (Å²) in [5.41, 5.74) is 0.115. The fourth-order valence-electron chi connectivity index (χ4n) is 0.763. The van der Waals surface area contributed by atoms with Crippen LogP contribution in [0.4, 0.5) is 5.82 Å². The van der Waals surface area contributed by atoms with Gasteiger partial charge in [-0.25, -0.2) is 4.79 Å². The van der Waals surface area contributed by atoms with E-state index in [-0.39, 0.29) is 11.4 Å². The Bertz CT molecular complexity index is 350. The van der Waals surface area contributed by atoms with E-state index < -0.39 is 10.9 Å². The van der Waals surface area contributed by atoms with E-state index in [1.165, 1.54) is 19.4 Å². The van der Waals surface area contributed by atoms with Gasteiger partial charge < -0.3 is 14.9 Å². The van der Waals surface area contributed by atoms with Crippen LogP contribution in [-0.2, 0) is 4.74 Å². The normalized spacial score (nSPS) is 9.31. The third kappa shape index (κ3) is 1.98. The first kappa shape index (κ1) is 9.11. The van der Waals surface area contributed by atoms with Gasteiger partial charge in [0, 0.05) is 0 Å². The summed E-state index contributed by atoms with van der Waals surface area (Å²) < 4.78 is 4.38. The van der Waals surface area contributed by atoms with Gasteiger partial charge >= 0.3 is 11.8 Å². The zero-order valence-electron chi connectivity index (χ0n) is 6.76. The number of carbonyl (C=O) groups is 1. The third-order valence-corrected chi connectivity index (χ3v) is 1.35. The molecule has 0 atom stereocenters. The molecule has 68 valence electrons. The maximum absolute atomic E-state index is 10.9. The van der Waals surface area contributed by atoms with Gasteiger partial charge in [0.1, 0.15) is 6.20 Å². The summed E-state index contributed by atoms with van der Waals surface area (Å²) in [6, 6.07) is 2.41. The maximum atomic E-state index is 10.9. The number of hydrogen-bond acceptors (Lipinski definition) is 5. The highest BCUT2D eigenvalue weighted by Crippen LogP contribution is 2.09. The standard InChI is InChI=1S/C7H6N2O4/c1-13-7(10)5-2-3-8-6(4-5)9(11)12/h2-4H,1H3. The molecular formula is C7H6N2O4. The van der Waals surface area contributed by atoms with Crippen LogP contribution in [0, 0.1) is 10.1 Å². The molecule has 1 rings (SSSR count). The van der Waals surface area contributed by atoms with Gasteiger partial charge in [-0.3, -0.25) is 0 Å². The maximum Gasteiger partial charge on any atom is 0.364 e. The monoisotopic (exact) mass is 182 g/mol. The molecule has 1 aromatic heterocycles. The number of pyridine rings is 1. The quantitative estimate of drug-likeness (QED) is 0.383. The van der Waals surface area contributed by atoms with E-state index in [2.05, 4.69) is 9.72 Å². The number of nitro groups is 1. The van der Waals surface area contributed by atoms with E-state index in [9.17, 15) is 14.9 Å². The highest BCUT2D eigenvalue weighted by molar-refractivity contribution is 5.89. The summed E-state index contributed by atoms with van der Waals surface area (Å²) in [7, 11) is 1.20. The van der Waals surface area contributed by atoms with Crippen molar-refractivity contribution in [3.8, 4) is 0 Å². The highest BCUT2D eigenvalue weighted by atomic mass is 16.6. The summed E-state index contributed by atoms with van der Waals surface area (Å²) in [5, 5.41) is 10.3. The summed E-state index contributed by atoms with van der Waals surface area (Å²) in [4.78, 5) is 23.9. The molecule has 6 heteroatoms. The highest BCUT2D eigenvalue weighted by Gasteiger charge is 2.12. The van der Waals surface area contributed by atoms with Crippen molar-refractivity contribution in [1.29, 1.82) is 0 Å². The molecule has 0 saturated heterocycles. The lowest BCUT2D eigenvalue weighted by Crippen LogP contribution is -2.02. The summed E-state index contributed by atoms with van der Waals surface area (Å²) in [6.07, 6.45) is 1.18. The van der Waals surface area contributed by atoms with Crippen LogP contribution >= 0.6 is 0 Å². The number of aromatic nitrogens is 1. The Labute approximate surface area is 73.3 Å². The van der Waals surface area contributed by atoms with Crippen molar-refractivity contribution in [2.24, 2.45) is 0 Å². The van der Waals surface area contributed by atoms with Crippen LogP contribution in [0.15, 0.2) is 18.3 Å². The number of ether oxygens (including phenoxy) is 1. The predicted molar refractivity (Wildman–Crippen MR) is 42.2 cm³/mol. The molecule has 0 radical (unpaired) electrons. The fourth-order valence-corrected chi connectivity index (χ4v) is 0.763. The minimum atomic E-state index is -0.674. The van der Waals surface area contributed by atoms with Crippen LogP contribution < -0.4 is 0 Å². The van der Waals surface area contributed by atoms with Gasteiger partial charge in [0.2, 0.25) is 0 Å². The lowest BCUT2D eigenvalue weighted by atomic mass is 10.3. The molecule has 0 aliphatic rings. The molecule has 6 nitrogen and oxygen atoms in total. The average molecular weight is 182 g/mol. The molecule has 0 N–H and O–H groups in total. The number of nitrogens with zero attached hydrogens (tertiary/aromatic N) is 2. The molecule has 0 fully saturated rings. The predicted octanol–water partition coefficient (Wildman–Crippen LogP) is 0.776. The lowest BCUT2D eigenvalue weighted by molar-refractivity contribution is -0.389. The van der Waals surface area contributed by atoms with Crippen LogP contribution in [-0.4, -0.2) is 23.0 Å². The molecule has 0 amide bonds. The first-order valence-electron chi connectivity index (χ1n) is 3.34. The van der Waals surface area contributed by atoms with Crippen LogP contribution in [0.3, 0.4) is 0 Å². The van der Waals surface area contributed by atoms with Crippen molar-refractivity contribution < 1.29 is 14.5 Å². The van der Waals surface area contributed by atoms with E-state index in [0.717, 1.165) is 6.07 Å². The Morgan fingerprint density at radius 3 is 2.92 bits per heavy atom. The fraction of sp³-hybridized carbons (Fsp3) is 0.143. The van der Waals surface area contributed by atoms with Gasteiger partial charge in [0.15, 0.2) is 0 Å². The Morgan fingerprint density at radius 2 is 2.38 bits per heavy atom. The van der Waals surface area contributed by atoms with E-state index >= 15 is 0 Å². The number of methoxy groups -OCH3 is 1. The van der Waals surface area contributed by atoms with Gasteiger partial charge in [0.05, 0.1) is 18.7 Å². The van der Waals surface area contributed by atoms with Crippen molar-refractivity contribution >= 4 is 11.8 Å². The van der Waals surface area contributed by atoms with Crippen molar-refractivity contribution in [1.82, 2.24) is 4.98 Å². The first-order chi connectivity index (χ1) is 6.15. The summed E-state index contributed by atoms with van der Waals surface area (Å²) in [6.45, 7) is 0. The van der Waals surface area contributed by atoms with Crippen molar-refractivity contribution in [3.63, 3.8) is 0 Å². The van der Waals surface area contributed by atoms with E-state index in [0.29, 0.717) is 0 Å². The van der Waals surface area contributed by atoms with Crippen LogP contribution in [0.2, 0.25) is 0 Å². The zero-order valence-corrected chi connectivity index (χ0v) is 6.76. The largest absolute Gasteiger partial charge is 0.465 e. The molecule has 1 heterocycles. The number of hydrogen-bond donors (Lipinski definition) is 0. The lowest BCUT2D eigenvalue weighted by Gasteiger charge is -1.96. The van der Waals surface area contributed by atoms with Gasteiger partial charge in [0.25, 0.3) is 0 Å². The molecule has 1 aromatic rings. The summed E-state index contributed by atoms with van der Waals surface area (Å²) >= 11 is 0. The van der Waals surface area contributed by atoms with Crippen molar-refractivity contribution in [3.05, 3.63) is 34.0 Å². The zero-order chi connectivity index (χ0) is 9.84. The average Bonchev–Trinajstić information content (AvgIpc) is 2.17. The Kier molecular flexibility index (Phi) is 2.53. The number of esters is 1. The summed E-state index contributed by atoms with van der Waals surface area (Å²) in [5.74, 6) is -0.992. The SMILES string of the molecule is COC(=O)c1ccnc([N+](=O)[O-])c1. The number of rotatable bonds is 2. The minimum absolute atomic E-state index is 0.115. The van der Waals surface area contributed by atoms with E-state index in [1.54, 1.807) is 0 Å². The topological polar surface area (TPSA) is 82.3 Å². The van der Waals surface area contributed by atoms with Crippen LogP contribution in [0.5, 0.6) is 0 Å². The van der Waals surface area contributed by atoms with Crippen molar-refractivity contribution in [2.75, 3.05) is 7.11 Å². The van der Waals surface area contributed by atoms with Crippen LogP contribution in [0.1, 0.15) is 10.4 Å². The number of carbonyl (C=O) groups excluding carboxylic acids is 1. The van der Waals surface area contributed by atoms with Gasteiger partial charge in [-0.1, -0.05) is 0 Å². The van der Waals surface area contributed by atoms with Crippen molar-refractivity contribution in [2.45, 2.75) is 0 Å². The second-order valence-electron chi connectivity index (χ2n) is 2.15. The smallest absolute Gasteiger partial charge is 0.364 e. The molecule has 0 unspecified atom stereocenters. The van der Waals surface area contributed by atoms with Gasteiger partial charge in [-0.05, 0) is 16.0 Å². The third-order valence-electron chi connectivity index (χ3n) is 1.35.